The van der Waals surface area contributed by atoms with E-state index >= 15 is 0 Å². The summed E-state index contributed by atoms with van der Waals surface area (Å²) in [7, 11) is 0. The van der Waals surface area contributed by atoms with Crippen LogP contribution < -0.4 is 10.1 Å². The maximum absolute atomic E-state index is 5.74. The molecular formula is C19H23NO. The van der Waals surface area contributed by atoms with Crippen molar-refractivity contribution in [2.24, 2.45) is 0 Å². The molecule has 0 aromatic heterocycles. The minimum Gasteiger partial charge on any atom is -0.492 e. The quantitative estimate of drug-likeness (QED) is 0.853. The molecule has 1 aliphatic rings. The molecule has 0 amide bonds. The zero-order valence-electron chi connectivity index (χ0n) is 12.8. The Hall–Kier alpha value is -1.96. The molecule has 110 valence electrons. The smallest absolute Gasteiger partial charge is 0.142 e. The molecule has 2 aromatic carbocycles. The van der Waals surface area contributed by atoms with Gasteiger partial charge in [-0.15, -0.1) is 0 Å². The summed E-state index contributed by atoms with van der Waals surface area (Å²) in [6, 6.07) is 17.7. The van der Waals surface area contributed by atoms with E-state index in [0.717, 1.165) is 11.4 Å². The van der Waals surface area contributed by atoms with E-state index in [9.17, 15) is 0 Å². The topological polar surface area (TPSA) is 21.3 Å². The monoisotopic (exact) mass is 281 g/mol. The van der Waals surface area contributed by atoms with Gasteiger partial charge in [0.25, 0.3) is 0 Å². The highest BCUT2D eigenvalue weighted by atomic mass is 16.5. The first-order chi connectivity index (χ1) is 10.3. The Morgan fingerprint density at radius 3 is 2.57 bits per heavy atom. The zero-order valence-corrected chi connectivity index (χ0v) is 12.8. The lowest BCUT2D eigenvalue weighted by molar-refractivity contribution is 0.337. The third-order valence-electron chi connectivity index (χ3n) is 4.21. The molecule has 0 unspecified atom stereocenters. The van der Waals surface area contributed by atoms with Crippen molar-refractivity contribution in [3.63, 3.8) is 0 Å². The Bertz CT molecular complexity index is 588. The molecule has 1 N–H and O–H groups in total. The summed E-state index contributed by atoms with van der Waals surface area (Å²) in [6.07, 6.45) is 2.40. The average Bonchev–Trinajstić information content (AvgIpc) is 2.45. The minimum absolute atomic E-state index is 0.553. The van der Waals surface area contributed by atoms with Gasteiger partial charge in [-0.3, -0.25) is 0 Å². The van der Waals surface area contributed by atoms with E-state index in [1.807, 2.05) is 6.92 Å². The second-order valence-electron chi connectivity index (χ2n) is 5.85. The van der Waals surface area contributed by atoms with Crippen LogP contribution in [0.4, 0.5) is 5.69 Å². The molecule has 1 aliphatic carbocycles. The Balaban J connectivity index is 1.62. The lowest BCUT2D eigenvalue weighted by Crippen LogP contribution is -2.34. The first-order valence-corrected chi connectivity index (χ1v) is 7.81. The van der Waals surface area contributed by atoms with Crippen LogP contribution in [0.3, 0.4) is 0 Å². The zero-order chi connectivity index (χ0) is 14.7. The second-order valence-corrected chi connectivity index (χ2v) is 5.85. The van der Waals surface area contributed by atoms with Gasteiger partial charge in [-0.05, 0) is 55.9 Å². The van der Waals surface area contributed by atoms with Gasteiger partial charge < -0.3 is 10.1 Å². The van der Waals surface area contributed by atoms with Crippen LogP contribution in [0.15, 0.2) is 48.5 Å². The minimum atomic E-state index is 0.553. The van der Waals surface area contributed by atoms with Gasteiger partial charge in [0.05, 0.1) is 12.3 Å². The summed E-state index contributed by atoms with van der Waals surface area (Å²) in [6.45, 7) is 4.83. The van der Waals surface area contributed by atoms with Gasteiger partial charge in [-0.2, -0.15) is 0 Å². The fraction of sp³-hybridized carbons (Fsp3) is 0.368. The van der Waals surface area contributed by atoms with Crippen LogP contribution in [0, 0.1) is 6.92 Å². The van der Waals surface area contributed by atoms with Crippen LogP contribution in [-0.4, -0.2) is 12.6 Å². The van der Waals surface area contributed by atoms with Crippen LogP contribution in [0.25, 0.3) is 0 Å². The van der Waals surface area contributed by atoms with Crippen LogP contribution in [-0.2, 0) is 0 Å². The van der Waals surface area contributed by atoms with Crippen molar-refractivity contribution in [3.8, 4) is 5.75 Å². The SMILES string of the molecule is CCOc1cc(C)ccc1NC1CC(c2ccccc2)C1. The van der Waals surface area contributed by atoms with Crippen molar-refractivity contribution in [3.05, 3.63) is 59.7 Å². The molecule has 3 rings (SSSR count). The Kier molecular flexibility index (Phi) is 4.14. The Morgan fingerprint density at radius 1 is 1.10 bits per heavy atom. The highest BCUT2D eigenvalue weighted by Crippen LogP contribution is 2.39. The Morgan fingerprint density at radius 2 is 1.86 bits per heavy atom. The predicted octanol–water partition coefficient (Wildman–Crippen LogP) is 4.75. The molecule has 1 fully saturated rings. The number of benzene rings is 2. The number of hydrogen-bond acceptors (Lipinski definition) is 2. The van der Waals surface area contributed by atoms with E-state index < -0.39 is 0 Å². The molecule has 21 heavy (non-hydrogen) atoms. The van der Waals surface area contributed by atoms with Crippen molar-refractivity contribution in [2.45, 2.75) is 38.6 Å². The largest absolute Gasteiger partial charge is 0.492 e. The Labute approximate surface area is 127 Å². The third kappa shape index (κ3) is 3.21. The first-order valence-electron chi connectivity index (χ1n) is 7.81. The van der Waals surface area contributed by atoms with Crippen molar-refractivity contribution >= 4 is 5.69 Å². The maximum atomic E-state index is 5.74. The van der Waals surface area contributed by atoms with Crippen LogP contribution >= 0.6 is 0 Å². The number of nitrogens with one attached hydrogen (secondary N) is 1. The van der Waals surface area contributed by atoms with E-state index in [1.54, 1.807) is 0 Å². The van der Waals surface area contributed by atoms with Gasteiger partial charge in [0.1, 0.15) is 5.75 Å². The second kappa shape index (κ2) is 6.21. The fourth-order valence-electron chi connectivity index (χ4n) is 2.98. The van der Waals surface area contributed by atoms with Gasteiger partial charge in [0, 0.05) is 6.04 Å². The molecular weight excluding hydrogens is 258 g/mol. The molecule has 0 saturated heterocycles. The fourth-order valence-corrected chi connectivity index (χ4v) is 2.98. The summed E-state index contributed by atoms with van der Waals surface area (Å²) in [4.78, 5) is 0. The van der Waals surface area contributed by atoms with Crippen LogP contribution in [0.5, 0.6) is 5.75 Å². The number of ether oxygens (including phenoxy) is 1. The molecule has 0 heterocycles. The van der Waals surface area contributed by atoms with Crippen molar-refractivity contribution in [1.29, 1.82) is 0 Å². The standard InChI is InChI=1S/C19H23NO/c1-3-21-19-11-14(2)9-10-18(19)20-17-12-16(13-17)15-7-5-4-6-8-15/h4-11,16-17,20H,3,12-13H2,1-2H3. The van der Waals surface area contributed by atoms with Crippen LogP contribution in [0.2, 0.25) is 0 Å². The average molecular weight is 281 g/mol. The highest BCUT2D eigenvalue weighted by molar-refractivity contribution is 5.58. The summed E-state index contributed by atoms with van der Waals surface area (Å²) in [5, 5.41) is 3.63. The summed E-state index contributed by atoms with van der Waals surface area (Å²) >= 11 is 0. The van der Waals surface area contributed by atoms with E-state index in [-0.39, 0.29) is 0 Å². The molecule has 2 heteroatoms. The molecule has 0 bridgehead atoms. The van der Waals surface area contributed by atoms with E-state index in [4.69, 9.17) is 4.74 Å². The summed E-state index contributed by atoms with van der Waals surface area (Å²) < 4.78 is 5.74. The van der Waals surface area contributed by atoms with E-state index in [1.165, 1.54) is 24.0 Å². The lowest BCUT2D eigenvalue weighted by atomic mass is 9.76. The van der Waals surface area contributed by atoms with Gasteiger partial charge in [-0.1, -0.05) is 36.4 Å². The molecule has 2 aromatic rings. The van der Waals surface area contributed by atoms with E-state index in [0.29, 0.717) is 18.6 Å². The third-order valence-corrected chi connectivity index (χ3v) is 4.21. The summed E-state index contributed by atoms with van der Waals surface area (Å²) in [5.41, 5.74) is 3.82. The highest BCUT2D eigenvalue weighted by Gasteiger charge is 2.30. The molecule has 1 saturated carbocycles. The van der Waals surface area contributed by atoms with Crippen molar-refractivity contribution < 1.29 is 4.74 Å². The number of anilines is 1. The lowest BCUT2D eigenvalue weighted by Gasteiger charge is -2.37. The van der Waals surface area contributed by atoms with E-state index in [2.05, 4.69) is 60.8 Å². The normalized spacial score (nSPS) is 20.7. The van der Waals surface area contributed by atoms with Gasteiger partial charge in [0.2, 0.25) is 0 Å². The molecule has 0 atom stereocenters. The van der Waals surface area contributed by atoms with Crippen LogP contribution in [0.1, 0.15) is 36.8 Å². The first kappa shape index (κ1) is 14.0. The molecule has 0 aliphatic heterocycles. The molecule has 0 radical (unpaired) electrons. The number of aryl methyl sites for hydroxylation is 1. The van der Waals surface area contributed by atoms with Gasteiger partial charge in [-0.25, -0.2) is 0 Å². The summed E-state index contributed by atoms with van der Waals surface area (Å²) in [5.74, 6) is 1.67. The predicted molar refractivity (Wildman–Crippen MR) is 88.2 cm³/mol. The number of hydrogen-bond donors (Lipinski definition) is 1. The maximum Gasteiger partial charge on any atom is 0.142 e. The van der Waals surface area contributed by atoms with Crippen molar-refractivity contribution in [1.82, 2.24) is 0 Å². The van der Waals surface area contributed by atoms with Crippen molar-refractivity contribution in [2.75, 3.05) is 11.9 Å². The van der Waals surface area contributed by atoms with Gasteiger partial charge >= 0.3 is 0 Å². The van der Waals surface area contributed by atoms with Gasteiger partial charge in [0.15, 0.2) is 0 Å². The molecule has 2 nitrogen and oxygen atoms in total. The number of rotatable bonds is 5. The molecule has 0 spiro atoms.